The number of nitrogens with zero attached hydrogens (tertiary/aromatic N) is 2. The molecule has 2 rings (SSSR count). The van der Waals surface area contributed by atoms with Gasteiger partial charge in [0.25, 0.3) is 5.56 Å². The molecule has 1 amide bonds. The van der Waals surface area contributed by atoms with Crippen molar-refractivity contribution < 1.29 is 4.79 Å². The molecule has 0 spiro atoms. The number of aromatic nitrogens is 2. The van der Waals surface area contributed by atoms with Crippen LogP contribution in [0.15, 0.2) is 52.2 Å². The zero-order chi connectivity index (χ0) is 15.4. The molecule has 1 atom stereocenters. The van der Waals surface area contributed by atoms with Gasteiger partial charge in [-0.3, -0.25) is 19.1 Å². The van der Waals surface area contributed by atoms with Crippen molar-refractivity contribution in [2.45, 2.75) is 19.5 Å². The number of nitrogens with one attached hydrogen (secondary N) is 1. The molecule has 0 saturated heterocycles. The molecule has 1 aromatic carbocycles. The predicted octanol–water partition coefficient (Wildman–Crippen LogP) is 0.756. The van der Waals surface area contributed by atoms with Crippen LogP contribution in [0, 0.1) is 0 Å². The number of carbonyl (C=O) groups is 1. The number of H-pyrrole nitrogens is 1. The molecule has 1 aromatic heterocycles. The van der Waals surface area contributed by atoms with E-state index in [1.165, 1.54) is 16.8 Å². The quantitative estimate of drug-likeness (QED) is 0.902. The van der Waals surface area contributed by atoms with E-state index in [9.17, 15) is 14.4 Å². The van der Waals surface area contributed by atoms with E-state index in [2.05, 4.69) is 4.98 Å². The Bertz CT molecular complexity index is 734. The zero-order valence-electron chi connectivity index (χ0n) is 11.9. The van der Waals surface area contributed by atoms with Gasteiger partial charge in [-0.1, -0.05) is 30.3 Å². The summed E-state index contributed by atoms with van der Waals surface area (Å²) in [5, 5.41) is 0. The van der Waals surface area contributed by atoms with E-state index in [1.807, 2.05) is 37.3 Å². The fourth-order valence-corrected chi connectivity index (χ4v) is 2.00. The maximum Gasteiger partial charge on any atom is 0.328 e. The third-order valence-electron chi connectivity index (χ3n) is 3.46. The van der Waals surface area contributed by atoms with Crippen molar-refractivity contribution in [3.8, 4) is 0 Å². The number of hydrogen-bond donors (Lipinski definition) is 1. The van der Waals surface area contributed by atoms with E-state index < -0.39 is 11.2 Å². The molecular formula is C15H17N3O3. The third kappa shape index (κ3) is 3.47. The molecule has 6 nitrogen and oxygen atoms in total. The Kier molecular flexibility index (Phi) is 4.37. The van der Waals surface area contributed by atoms with Crippen molar-refractivity contribution >= 4 is 5.91 Å². The topological polar surface area (TPSA) is 75.2 Å². The molecule has 0 aliphatic carbocycles. The minimum Gasteiger partial charge on any atom is -0.337 e. The second-order valence-electron chi connectivity index (χ2n) is 4.83. The number of hydrogen-bond acceptors (Lipinski definition) is 3. The Morgan fingerprint density at radius 2 is 1.90 bits per heavy atom. The molecule has 0 radical (unpaired) electrons. The highest BCUT2D eigenvalue weighted by molar-refractivity contribution is 5.76. The molecule has 0 bridgehead atoms. The lowest BCUT2D eigenvalue weighted by Gasteiger charge is -2.25. The molecule has 6 heteroatoms. The van der Waals surface area contributed by atoms with E-state index in [0.717, 1.165) is 5.56 Å². The molecule has 110 valence electrons. The van der Waals surface area contributed by atoms with Crippen molar-refractivity contribution in [3.05, 3.63) is 69.0 Å². The lowest BCUT2D eigenvalue weighted by Crippen LogP contribution is -2.37. The van der Waals surface area contributed by atoms with Gasteiger partial charge in [0.1, 0.15) is 6.54 Å². The molecule has 0 saturated carbocycles. The highest BCUT2D eigenvalue weighted by atomic mass is 16.2. The Hall–Kier alpha value is -2.63. The molecule has 0 aliphatic rings. The van der Waals surface area contributed by atoms with E-state index in [-0.39, 0.29) is 18.5 Å². The number of likely N-dealkylation sites (N-methyl/N-ethyl adjacent to an activating group) is 1. The number of benzene rings is 1. The first-order valence-corrected chi connectivity index (χ1v) is 6.59. The van der Waals surface area contributed by atoms with Gasteiger partial charge in [0.15, 0.2) is 0 Å². The summed E-state index contributed by atoms with van der Waals surface area (Å²) in [6.45, 7) is 1.81. The van der Waals surface area contributed by atoms with Crippen LogP contribution in [0.3, 0.4) is 0 Å². The highest BCUT2D eigenvalue weighted by Crippen LogP contribution is 2.18. The summed E-state index contributed by atoms with van der Waals surface area (Å²) >= 11 is 0. The lowest BCUT2D eigenvalue weighted by atomic mass is 10.1. The van der Waals surface area contributed by atoms with Gasteiger partial charge in [-0.2, -0.15) is 0 Å². The number of carbonyl (C=O) groups excluding carboxylic acids is 1. The molecule has 0 unspecified atom stereocenters. The van der Waals surface area contributed by atoms with Crippen LogP contribution in [0.5, 0.6) is 0 Å². The van der Waals surface area contributed by atoms with Gasteiger partial charge in [-0.15, -0.1) is 0 Å². The average molecular weight is 287 g/mol. The van der Waals surface area contributed by atoms with Crippen molar-refractivity contribution in [1.29, 1.82) is 0 Å². The van der Waals surface area contributed by atoms with E-state index in [1.54, 1.807) is 11.9 Å². The van der Waals surface area contributed by atoms with Crippen molar-refractivity contribution in [1.82, 2.24) is 14.5 Å². The van der Waals surface area contributed by atoms with Gasteiger partial charge in [0.05, 0.1) is 6.04 Å². The van der Waals surface area contributed by atoms with Crippen LogP contribution in [-0.4, -0.2) is 27.4 Å². The highest BCUT2D eigenvalue weighted by Gasteiger charge is 2.17. The fourth-order valence-electron chi connectivity index (χ4n) is 2.00. The third-order valence-corrected chi connectivity index (χ3v) is 3.46. The van der Waals surface area contributed by atoms with Gasteiger partial charge in [-0.05, 0) is 12.5 Å². The van der Waals surface area contributed by atoms with E-state index in [0.29, 0.717) is 0 Å². The summed E-state index contributed by atoms with van der Waals surface area (Å²) in [7, 11) is 1.69. The summed E-state index contributed by atoms with van der Waals surface area (Å²) in [5.41, 5.74) is -0.0477. The minimum atomic E-state index is -0.586. The number of amides is 1. The number of rotatable bonds is 4. The van der Waals surface area contributed by atoms with E-state index >= 15 is 0 Å². The standard InChI is InChI=1S/C15H17N3O3/c1-11(12-6-4-3-5-7-12)17(2)14(20)10-18-9-8-13(19)16-15(18)21/h3-9,11H,10H2,1-2H3,(H,16,19,21)/t11-/m1/s1. The maximum atomic E-state index is 12.2. The van der Waals surface area contributed by atoms with Gasteiger partial charge < -0.3 is 4.90 Å². The smallest absolute Gasteiger partial charge is 0.328 e. The maximum absolute atomic E-state index is 12.2. The molecule has 1 N–H and O–H groups in total. The molecular weight excluding hydrogens is 270 g/mol. The summed E-state index contributed by atoms with van der Waals surface area (Å²) in [6.07, 6.45) is 1.32. The van der Waals surface area contributed by atoms with Crippen molar-refractivity contribution in [2.75, 3.05) is 7.05 Å². The van der Waals surface area contributed by atoms with Gasteiger partial charge in [0, 0.05) is 19.3 Å². The zero-order valence-corrected chi connectivity index (χ0v) is 11.9. The van der Waals surface area contributed by atoms with Crippen molar-refractivity contribution in [3.63, 3.8) is 0 Å². The monoisotopic (exact) mass is 287 g/mol. The summed E-state index contributed by atoms with van der Waals surface area (Å²) in [4.78, 5) is 38.5. The summed E-state index contributed by atoms with van der Waals surface area (Å²) in [6, 6.07) is 10.7. The molecule has 1 heterocycles. The van der Waals surface area contributed by atoms with E-state index in [4.69, 9.17) is 0 Å². The number of aromatic amines is 1. The van der Waals surface area contributed by atoms with Gasteiger partial charge >= 0.3 is 5.69 Å². The second kappa shape index (κ2) is 6.21. The van der Waals surface area contributed by atoms with Crippen LogP contribution < -0.4 is 11.2 Å². The molecule has 0 fully saturated rings. The van der Waals surface area contributed by atoms with Crippen LogP contribution in [0.1, 0.15) is 18.5 Å². The largest absolute Gasteiger partial charge is 0.337 e. The predicted molar refractivity (Wildman–Crippen MR) is 78.9 cm³/mol. The van der Waals surface area contributed by atoms with Crippen LogP contribution in [0.25, 0.3) is 0 Å². The first-order chi connectivity index (χ1) is 9.99. The van der Waals surface area contributed by atoms with Crippen LogP contribution in [-0.2, 0) is 11.3 Å². The normalized spacial score (nSPS) is 11.9. The molecule has 21 heavy (non-hydrogen) atoms. The Balaban J connectivity index is 2.13. The summed E-state index contributed by atoms with van der Waals surface area (Å²) in [5.74, 6) is -0.208. The first-order valence-electron chi connectivity index (χ1n) is 6.59. The molecule has 0 aliphatic heterocycles. The van der Waals surface area contributed by atoms with Crippen LogP contribution in [0.4, 0.5) is 0 Å². The minimum absolute atomic E-state index is 0.0998. The Morgan fingerprint density at radius 3 is 2.52 bits per heavy atom. The Labute approximate surface area is 121 Å². The molecule has 2 aromatic rings. The average Bonchev–Trinajstić information content (AvgIpc) is 2.49. The second-order valence-corrected chi connectivity index (χ2v) is 4.83. The Morgan fingerprint density at radius 1 is 1.24 bits per heavy atom. The van der Waals surface area contributed by atoms with Gasteiger partial charge in [-0.25, -0.2) is 4.79 Å². The SMILES string of the molecule is C[C@H](c1ccccc1)N(C)C(=O)Cn1ccc(=O)[nH]c1=O. The van der Waals surface area contributed by atoms with Crippen LogP contribution >= 0.6 is 0 Å². The first kappa shape index (κ1) is 14.8. The van der Waals surface area contributed by atoms with Crippen molar-refractivity contribution in [2.24, 2.45) is 0 Å². The summed E-state index contributed by atoms with van der Waals surface area (Å²) < 4.78 is 1.18. The van der Waals surface area contributed by atoms with Crippen LogP contribution in [0.2, 0.25) is 0 Å². The fraction of sp³-hybridized carbons (Fsp3) is 0.267. The lowest BCUT2D eigenvalue weighted by molar-refractivity contribution is -0.132. The van der Waals surface area contributed by atoms with Gasteiger partial charge in [0.2, 0.25) is 5.91 Å².